The van der Waals surface area contributed by atoms with Gasteiger partial charge in [-0.3, -0.25) is 14.5 Å². The van der Waals surface area contributed by atoms with Crippen molar-refractivity contribution in [2.75, 3.05) is 12.0 Å². The number of carbonyl (C=O) groups is 3. The average molecular weight is 531 g/mol. The number of thiazole rings is 1. The first-order chi connectivity index (χ1) is 18.4. The van der Waals surface area contributed by atoms with Gasteiger partial charge in [0.05, 0.1) is 30.7 Å². The van der Waals surface area contributed by atoms with E-state index in [1.165, 1.54) is 24.3 Å². The molecule has 1 unspecified atom stereocenters. The Labute approximate surface area is 221 Å². The van der Waals surface area contributed by atoms with Gasteiger partial charge in [0.1, 0.15) is 17.2 Å². The summed E-state index contributed by atoms with van der Waals surface area (Å²) >= 11 is 0.932. The quantitative estimate of drug-likeness (QED) is 0.244. The summed E-state index contributed by atoms with van der Waals surface area (Å²) in [4.78, 5) is 44.8. The summed E-state index contributed by atoms with van der Waals surface area (Å²) in [7, 11) is 1.25. The van der Waals surface area contributed by atoms with Crippen LogP contribution < -0.4 is 9.64 Å². The van der Waals surface area contributed by atoms with E-state index in [1.54, 1.807) is 37.3 Å². The molecule has 10 heteroatoms. The number of rotatable bonds is 8. The van der Waals surface area contributed by atoms with E-state index in [-0.39, 0.29) is 21.3 Å². The second-order valence-electron chi connectivity index (χ2n) is 8.40. The zero-order chi connectivity index (χ0) is 26.8. The SMILES string of the molecule is COC(=O)c1sc(N2C(=O)C(O)=C(C(=O)c3ccco3)C2c2cccc(OCc3ccccc3)c2)nc1C. The minimum absolute atomic E-state index is 0.0340. The summed E-state index contributed by atoms with van der Waals surface area (Å²) in [5, 5.41) is 11.1. The van der Waals surface area contributed by atoms with Crippen LogP contribution in [0.15, 0.2) is 88.7 Å². The summed E-state index contributed by atoms with van der Waals surface area (Å²) in [5.41, 5.74) is 1.65. The zero-order valence-corrected chi connectivity index (χ0v) is 21.2. The Hall–Kier alpha value is -4.70. The molecule has 3 heterocycles. The molecule has 0 fully saturated rings. The van der Waals surface area contributed by atoms with Crippen LogP contribution in [-0.2, 0) is 16.1 Å². The molecule has 2 aromatic heterocycles. The van der Waals surface area contributed by atoms with E-state index >= 15 is 0 Å². The highest BCUT2D eigenvalue weighted by Crippen LogP contribution is 2.44. The van der Waals surface area contributed by atoms with Crippen molar-refractivity contribution in [1.82, 2.24) is 4.98 Å². The summed E-state index contributed by atoms with van der Waals surface area (Å²) in [5.74, 6) is -2.33. The number of ether oxygens (including phenoxy) is 2. The van der Waals surface area contributed by atoms with E-state index in [9.17, 15) is 19.5 Å². The molecule has 1 N–H and O–H groups in total. The van der Waals surface area contributed by atoms with Gasteiger partial charge in [-0.1, -0.05) is 53.8 Å². The second-order valence-corrected chi connectivity index (χ2v) is 9.37. The van der Waals surface area contributed by atoms with Crippen molar-refractivity contribution in [3.63, 3.8) is 0 Å². The summed E-state index contributed by atoms with van der Waals surface area (Å²) < 4.78 is 16.1. The molecule has 0 radical (unpaired) electrons. The predicted octanol–water partition coefficient (Wildman–Crippen LogP) is 5.19. The van der Waals surface area contributed by atoms with Gasteiger partial charge in [-0.15, -0.1) is 0 Å². The van der Waals surface area contributed by atoms with E-state index in [0.717, 1.165) is 16.9 Å². The molecule has 38 heavy (non-hydrogen) atoms. The zero-order valence-electron chi connectivity index (χ0n) is 20.4. The van der Waals surface area contributed by atoms with Crippen LogP contribution in [0.1, 0.15) is 43.1 Å². The third kappa shape index (κ3) is 4.57. The number of esters is 1. The number of hydrogen-bond acceptors (Lipinski definition) is 9. The van der Waals surface area contributed by atoms with Crippen LogP contribution in [0.2, 0.25) is 0 Å². The van der Waals surface area contributed by atoms with Crippen molar-refractivity contribution in [3.05, 3.63) is 112 Å². The fourth-order valence-electron chi connectivity index (χ4n) is 4.17. The van der Waals surface area contributed by atoms with Crippen LogP contribution >= 0.6 is 11.3 Å². The number of methoxy groups -OCH3 is 1. The molecule has 4 aromatic rings. The Bertz CT molecular complexity index is 1540. The van der Waals surface area contributed by atoms with Crippen LogP contribution in [0.25, 0.3) is 0 Å². The molecule has 192 valence electrons. The van der Waals surface area contributed by atoms with Gasteiger partial charge in [-0.05, 0) is 42.3 Å². The fourth-order valence-corrected chi connectivity index (χ4v) is 5.18. The molecule has 9 nitrogen and oxygen atoms in total. The number of Topliss-reactive ketones (excluding diaryl/α,β-unsaturated/α-hetero) is 1. The number of benzene rings is 2. The standard InChI is InChI=1S/C28H22N2O7S/c1-16-25(27(34)35-2)38-28(29-16)30-22(21(24(32)26(30)33)23(31)20-12-7-13-36-20)18-10-6-11-19(14-18)37-15-17-8-4-3-5-9-17/h3-14,22,32H,15H2,1-2H3. The van der Waals surface area contributed by atoms with Crippen molar-refractivity contribution in [2.45, 2.75) is 19.6 Å². The fraction of sp³-hybridized carbons (Fsp3) is 0.143. The molecule has 1 amide bonds. The maximum absolute atomic E-state index is 13.4. The number of carbonyl (C=O) groups excluding carboxylic acids is 3. The number of furan rings is 1. The topological polar surface area (TPSA) is 119 Å². The first kappa shape index (κ1) is 25.0. The van der Waals surface area contributed by atoms with Gasteiger partial charge < -0.3 is 19.0 Å². The van der Waals surface area contributed by atoms with Crippen LogP contribution in [-0.4, -0.2) is 34.9 Å². The highest BCUT2D eigenvalue weighted by Gasteiger charge is 2.47. The molecule has 1 aliphatic heterocycles. The van der Waals surface area contributed by atoms with Crippen molar-refractivity contribution < 1.29 is 33.4 Å². The number of ketones is 1. The van der Waals surface area contributed by atoms with Gasteiger partial charge in [-0.2, -0.15) is 0 Å². The van der Waals surface area contributed by atoms with Gasteiger partial charge in [0, 0.05) is 0 Å². The smallest absolute Gasteiger partial charge is 0.350 e. The summed E-state index contributed by atoms with van der Waals surface area (Å²) in [6, 6.07) is 18.5. The lowest BCUT2D eigenvalue weighted by Gasteiger charge is -2.24. The molecule has 0 saturated heterocycles. The minimum atomic E-state index is -1.06. The molecule has 0 bridgehead atoms. The molecule has 1 atom stereocenters. The molecule has 0 saturated carbocycles. The minimum Gasteiger partial charge on any atom is -0.503 e. The van der Waals surface area contributed by atoms with Gasteiger partial charge in [0.25, 0.3) is 5.91 Å². The average Bonchev–Trinajstić information content (AvgIpc) is 3.67. The maximum atomic E-state index is 13.4. The molecular weight excluding hydrogens is 508 g/mol. The summed E-state index contributed by atoms with van der Waals surface area (Å²) in [6.45, 7) is 1.92. The Morgan fingerprint density at radius 1 is 1.11 bits per heavy atom. The maximum Gasteiger partial charge on any atom is 0.350 e. The first-order valence-corrected chi connectivity index (χ1v) is 12.4. The highest BCUT2D eigenvalue weighted by atomic mass is 32.1. The number of aliphatic hydroxyl groups excluding tert-OH is 1. The van der Waals surface area contributed by atoms with Gasteiger partial charge in [0.15, 0.2) is 16.7 Å². The second kappa shape index (κ2) is 10.3. The van der Waals surface area contributed by atoms with E-state index in [1.807, 2.05) is 30.3 Å². The van der Waals surface area contributed by atoms with E-state index < -0.39 is 29.5 Å². The van der Waals surface area contributed by atoms with Crippen molar-refractivity contribution in [1.29, 1.82) is 0 Å². The van der Waals surface area contributed by atoms with Crippen molar-refractivity contribution in [3.8, 4) is 5.75 Å². The van der Waals surface area contributed by atoms with Crippen LogP contribution in [0.5, 0.6) is 5.75 Å². The Morgan fingerprint density at radius 3 is 2.61 bits per heavy atom. The number of amides is 1. The van der Waals surface area contributed by atoms with Crippen molar-refractivity contribution in [2.24, 2.45) is 0 Å². The molecule has 0 spiro atoms. The highest BCUT2D eigenvalue weighted by molar-refractivity contribution is 7.17. The normalized spacial score (nSPS) is 15.2. The molecule has 1 aliphatic rings. The summed E-state index contributed by atoms with van der Waals surface area (Å²) in [6.07, 6.45) is 1.33. The molecule has 5 rings (SSSR count). The van der Waals surface area contributed by atoms with E-state index in [2.05, 4.69) is 4.98 Å². The predicted molar refractivity (Wildman–Crippen MR) is 138 cm³/mol. The Kier molecular flexibility index (Phi) is 6.80. The number of hydrogen-bond donors (Lipinski definition) is 1. The number of nitrogens with zero attached hydrogens (tertiary/aromatic N) is 2. The monoisotopic (exact) mass is 530 g/mol. The third-order valence-electron chi connectivity index (χ3n) is 5.98. The third-order valence-corrected chi connectivity index (χ3v) is 7.12. The Morgan fingerprint density at radius 2 is 1.89 bits per heavy atom. The number of aromatic nitrogens is 1. The number of aryl methyl sites for hydroxylation is 1. The lowest BCUT2D eigenvalue weighted by atomic mass is 9.95. The molecular formula is C28H22N2O7S. The van der Waals surface area contributed by atoms with E-state index in [0.29, 0.717) is 23.6 Å². The molecule has 2 aromatic carbocycles. The first-order valence-electron chi connectivity index (χ1n) is 11.6. The van der Waals surface area contributed by atoms with Gasteiger partial charge in [0.2, 0.25) is 5.78 Å². The van der Waals surface area contributed by atoms with Crippen LogP contribution in [0, 0.1) is 6.92 Å². The van der Waals surface area contributed by atoms with E-state index in [4.69, 9.17) is 13.9 Å². The van der Waals surface area contributed by atoms with Gasteiger partial charge >= 0.3 is 5.97 Å². The number of anilines is 1. The van der Waals surface area contributed by atoms with Crippen LogP contribution in [0.3, 0.4) is 0 Å². The largest absolute Gasteiger partial charge is 0.503 e. The van der Waals surface area contributed by atoms with Crippen LogP contribution in [0.4, 0.5) is 5.13 Å². The lowest BCUT2D eigenvalue weighted by molar-refractivity contribution is -0.117. The Balaban J connectivity index is 1.57. The van der Waals surface area contributed by atoms with Gasteiger partial charge in [-0.25, -0.2) is 9.78 Å². The lowest BCUT2D eigenvalue weighted by Crippen LogP contribution is -2.31. The molecule has 0 aliphatic carbocycles. The number of aliphatic hydroxyl groups is 1. The van der Waals surface area contributed by atoms with Crippen molar-refractivity contribution >= 4 is 34.1 Å².